The molecule has 2 aromatic rings. The van der Waals surface area contributed by atoms with Crippen molar-refractivity contribution in [3.05, 3.63) is 52.9 Å². The summed E-state index contributed by atoms with van der Waals surface area (Å²) >= 11 is 5.76. The minimum absolute atomic E-state index is 0.0775. The molecule has 0 aliphatic heterocycles. The molecule has 1 aromatic carbocycles. The lowest BCUT2D eigenvalue weighted by Gasteiger charge is -2.03. The summed E-state index contributed by atoms with van der Waals surface area (Å²) in [6.07, 6.45) is 0.681. The summed E-state index contributed by atoms with van der Waals surface area (Å²) in [5.41, 5.74) is 0. The maximum atomic E-state index is 12.3. The molecule has 0 radical (unpaired) electrons. The van der Waals surface area contributed by atoms with Crippen molar-refractivity contribution >= 4 is 27.3 Å². The van der Waals surface area contributed by atoms with E-state index in [2.05, 4.69) is 5.32 Å². The number of rotatable bonds is 8. The summed E-state index contributed by atoms with van der Waals surface area (Å²) in [6, 6.07) is 8.83. The van der Waals surface area contributed by atoms with E-state index < -0.39 is 9.84 Å². The monoisotopic (exact) mass is 371 g/mol. The number of halogens is 1. The van der Waals surface area contributed by atoms with E-state index in [9.17, 15) is 13.2 Å². The molecule has 24 heavy (non-hydrogen) atoms. The Labute approximate surface area is 145 Å². The SMILES string of the molecule is COCCCNC(=O)c1ccc(CS(=O)(=O)c2ccc(Cl)cc2)o1. The summed E-state index contributed by atoms with van der Waals surface area (Å²) in [5, 5.41) is 3.13. The largest absolute Gasteiger partial charge is 0.455 e. The average molecular weight is 372 g/mol. The quantitative estimate of drug-likeness (QED) is 0.721. The molecule has 0 atom stereocenters. The lowest BCUT2D eigenvalue weighted by atomic mass is 10.4. The molecule has 6 nitrogen and oxygen atoms in total. The predicted molar refractivity (Wildman–Crippen MR) is 89.9 cm³/mol. The van der Waals surface area contributed by atoms with Crippen LogP contribution in [0.5, 0.6) is 0 Å². The standard InChI is InChI=1S/C16H18ClNO5S/c1-22-10-2-9-18-16(19)15-8-5-13(23-15)11-24(20,21)14-6-3-12(17)4-7-14/h3-8H,2,9-11H2,1H3,(H,18,19). The molecule has 130 valence electrons. The number of hydrogen-bond donors (Lipinski definition) is 1. The van der Waals surface area contributed by atoms with Crippen LogP contribution in [0, 0.1) is 0 Å². The van der Waals surface area contributed by atoms with Crippen LogP contribution >= 0.6 is 11.6 Å². The molecule has 0 saturated carbocycles. The van der Waals surface area contributed by atoms with E-state index in [0.717, 1.165) is 0 Å². The van der Waals surface area contributed by atoms with E-state index in [1.807, 2.05) is 0 Å². The molecule has 0 aliphatic rings. The van der Waals surface area contributed by atoms with Crippen molar-refractivity contribution in [1.29, 1.82) is 0 Å². The second-order valence-corrected chi connectivity index (χ2v) is 7.51. The van der Waals surface area contributed by atoms with Crippen LogP contribution < -0.4 is 5.32 Å². The highest BCUT2D eigenvalue weighted by Gasteiger charge is 2.19. The summed E-state index contributed by atoms with van der Waals surface area (Å²) in [6.45, 7) is 0.995. The van der Waals surface area contributed by atoms with Gasteiger partial charge < -0.3 is 14.5 Å². The maximum absolute atomic E-state index is 12.3. The smallest absolute Gasteiger partial charge is 0.286 e. The van der Waals surface area contributed by atoms with E-state index in [1.165, 1.54) is 36.4 Å². The first kappa shape index (κ1) is 18.5. The van der Waals surface area contributed by atoms with Gasteiger partial charge in [-0.15, -0.1) is 0 Å². The van der Waals surface area contributed by atoms with Crippen molar-refractivity contribution in [3.8, 4) is 0 Å². The minimum atomic E-state index is -3.57. The van der Waals surface area contributed by atoms with Gasteiger partial charge in [-0.05, 0) is 42.8 Å². The number of carbonyl (C=O) groups excluding carboxylic acids is 1. The number of furan rings is 1. The number of nitrogens with one attached hydrogen (secondary N) is 1. The van der Waals surface area contributed by atoms with Crippen LogP contribution in [-0.2, 0) is 20.3 Å². The Morgan fingerprint density at radius 2 is 1.92 bits per heavy atom. The van der Waals surface area contributed by atoms with Gasteiger partial charge >= 0.3 is 0 Å². The number of sulfone groups is 1. The van der Waals surface area contributed by atoms with E-state index >= 15 is 0 Å². The van der Waals surface area contributed by atoms with Gasteiger partial charge in [-0.3, -0.25) is 4.79 Å². The van der Waals surface area contributed by atoms with Crippen molar-refractivity contribution in [3.63, 3.8) is 0 Å². The molecule has 0 spiro atoms. The number of benzene rings is 1. The van der Waals surface area contributed by atoms with Gasteiger partial charge in [-0.1, -0.05) is 11.6 Å². The Balaban J connectivity index is 2.00. The van der Waals surface area contributed by atoms with Gasteiger partial charge in [0.1, 0.15) is 11.5 Å². The molecule has 0 saturated heterocycles. The van der Waals surface area contributed by atoms with Gasteiger partial charge in [-0.25, -0.2) is 8.42 Å². The Morgan fingerprint density at radius 1 is 1.21 bits per heavy atom. The van der Waals surface area contributed by atoms with Crippen LogP contribution in [0.2, 0.25) is 5.02 Å². The lowest BCUT2D eigenvalue weighted by molar-refractivity contribution is 0.0919. The molecule has 8 heteroatoms. The first-order valence-electron chi connectivity index (χ1n) is 7.26. The second-order valence-electron chi connectivity index (χ2n) is 5.08. The van der Waals surface area contributed by atoms with Gasteiger partial charge in [-0.2, -0.15) is 0 Å². The molecular formula is C16H18ClNO5S. The normalized spacial score (nSPS) is 11.4. The lowest BCUT2D eigenvalue weighted by Crippen LogP contribution is -2.24. The first-order valence-corrected chi connectivity index (χ1v) is 9.29. The van der Waals surface area contributed by atoms with Crippen LogP contribution in [0.1, 0.15) is 22.7 Å². The Hall–Kier alpha value is -1.83. The number of methoxy groups -OCH3 is 1. The number of ether oxygens (including phenoxy) is 1. The van der Waals surface area contributed by atoms with Crippen molar-refractivity contribution in [2.75, 3.05) is 20.3 Å². The fourth-order valence-electron chi connectivity index (χ4n) is 2.00. The second kappa shape index (κ2) is 8.32. The molecule has 0 bridgehead atoms. The van der Waals surface area contributed by atoms with Crippen LogP contribution in [0.25, 0.3) is 0 Å². The molecule has 1 aromatic heterocycles. The molecule has 1 amide bonds. The molecular weight excluding hydrogens is 354 g/mol. The highest BCUT2D eigenvalue weighted by molar-refractivity contribution is 7.90. The first-order chi connectivity index (χ1) is 11.4. The Bertz CT molecular complexity index is 783. The minimum Gasteiger partial charge on any atom is -0.455 e. The van der Waals surface area contributed by atoms with E-state index in [0.29, 0.717) is 24.6 Å². The van der Waals surface area contributed by atoms with Crippen molar-refractivity contribution in [1.82, 2.24) is 5.32 Å². The third kappa shape index (κ3) is 5.09. The molecule has 0 unspecified atom stereocenters. The third-order valence-corrected chi connectivity index (χ3v) is 5.11. The van der Waals surface area contributed by atoms with Gasteiger partial charge in [0.2, 0.25) is 0 Å². The highest BCUT2D eigenvalue weighted by Crippen LogP contribution is 2.20. The van der Waals surface area contributed by atoms with Crippen LogP contribution in [-0.4, -0.2) is 34.6 Å². The van der Waals surface area contributed by atoms with Crippen molar-refractivity contribution in [2.24, 2.45) is 0 Å². The molecule has 1 heterocycles. The summed E-state index contributed by atoms with van der Waals surface area (Å²) in [7, 11) is -1.98. The van der Waals surface area contributed by atoms with Crippen LogP contribution in [0.4, 0.5) is 0 Å². The van der Waals surface area contributed by atoms with Crippen molar-refractivity contribution < 1.29 is 22.4 Å². The van der Waals surface area contributed by atoms with E-state index in [-0.39, 0.29) is 28.1 Å². The Morgan fingerprint density at radius 3 is 2.58 bits per heavy atom. The summed E-state index contributed by atoms with van der Waals surface area (Å²) < 4.78 is 34.9. The zero-order valence-electron chi connectivity index (χ0n) is 13.1. The van der Waals surface area contributed by atoms with Gasteiger partial charge in [0.15, 0.2) is 15.6 Å². The maximum Gasteiger partial charge on any atom is 0.286 e. The number of hydrogen-bond acceptors (Lipinski definition) is 5. The fraction of sp³-hybridized carbons (Fsp3) is 0.312. The molecule has 1 N–H and O–H groups in total. The van der Waals surface area contributed by atoms with Gasteiger partial charge in [0, 0.05) is 25.3 Å². The summed E-state index contributed by atoms with van der Waals surface area (Å²) in [5.74, 6) is -0.437. The molecule has 0 aliphatic carbocycles. The average Bonchev–Trinajstić information content (AvgIpc) is 2.99. The number of carbonyl (C=O) groups is 1. The molecule has 0 fully saturated rings. The van der Waals surface area contributed by atoms with Crippen LogP contribution in [0.3, 0.4) is 0 Å². The topological polar surface area (TPSA) is 85.6 Å². The highest BCUT2D eigenvalue weighted by atomic mass is 35.5. The molecule has 2 rings (SSSR count). The summed E-state index contributed by atoms with van der Waals surface area (Å²) in [4.78, 5) is 12.0. The third-order valence-electron chi connectivity index (χ3n) is 3.20. The predicted octanol–water partition coefficient (Wildman–Crippen LogP) is 2.67. The zero-order valence-corrected chi connectivity index (χ0v) is 14.7. The van der Waals surface area contributed by atoms with Crippen molar-refractivity contribution in [2.45, 2.75) is 17.1 Å². The van der Waals surface area contributed by atoms with E-state index in [4.69, 9.17) is 20.8 Å². The zero-order chi connectivity index (χ0) is 17.6. The van der Waals surface area contributed by atoms with E-state index in [1.54, 1.807) is 7.11 Å². The van der Waals surface area contributed by atoms with Gasteiger partial charge in [0.25, 0.3) is 5.91 Å². The Kier molecular flexibility index (Phi) is 6.42. The van der Waals surface area contributed by atoms with Crippen LogP contribution in [0.15, 0.2) is 45.7 Å². The van der Waals surface area contributed by atoms with Gasteiger partial charge in [0.05, 0.1) is 4.90 Å². The number of amides is 1. The fourth-order valence-corrected chi connectivity index (χ4v) is 3.37.